The number of carbonyl (C=O) groups excluding carboxylic acids is 3. The first kappa shape index (κ1) is 18.8. The first-order chi connectivity index (χ1) is 12.1. The highest BCUT2D eigenvalue weighted by molar-refractivity contribution is 5.95. The van der Waals surface area contributed by atoms with E-state index in [1.54, 1.807) is 24.3 Å². The second kappa shape index (κ2) is 9.66. The van der Waals surface area contributed by atoms with E-state index in [1.807, 2.05) is 0 Å². The Bertz CT molecular complexity index is 594. The van der Waals surface area contributed by atoms with Gasteiger partial charge in [-0.25, -0.2) is 4.79 Å². The van der Waals surface area contributed by atoms with Crippen molar-refractivity contribution < 1.29 is 23.9 Å². The molecule has 1 aliphatic carbocycles. The number of amides is 3. The third-order valence-electron chi connectivity index (χ3n) is 4.06. The Morgan fingerprint density at radius 3 is 2.40 bits per heavy atom. The zero-order valence-corrected chi connectivity index (χ0v) is 14.4. The average Bonchev–Trinajstić information content (AvgIpc) is 2.61. The minimum Gasteiger partial charge on any atom is -0.484 e. The van der Waals surface area contributed by atoms with Gasteiger partial charge >= 0.3 is 12.0 Å². The molecule has 0 unspecified atom stereocenters. The molecule has 3 amide bonds. The van der Waals surface area contributed by atoms with E-state index in [0.717, 1.165) is 31.2 Å². The lowest BCUT2D eigenvalue weighted by atomic mass is 9.96. The van der Waals surface area contributed by atoms with E-state index >= 15 is 0 Å². The minimum atomic E-state index is -0.507. The molecule has 2 rings (SSSR count). The fourth-order valence-corrected chi connectivity index (χ4v) is 2.72. The molecule has 0 atom stereocenters. The molecule has 1 fully saturated rings. The molecule has 2 N–H and O–H groups in total. The van der Waals surface area contributed by atoms with Gasteiger partial charge in [-0.15, -0.1) is 0 Å². The van der Waals surface area contributed by atoms with Crippen molar-refractivity contribution in [1.29, 1.82) is 0 Å². The lowest BCUT2D eigenvalue weighted by Crippen LogP contribution is -2.46. The molecule has 0 heterocycles. The number of rotatable bonds is 6. The summed E-state index contributed by atoms with van der Waals surface area (Å²) >= 11 is 0. The summed E-state index contributed by atoms with van der Waals surface area (Å²) in [6.07, 6.45) is 5.50. The monoisotopic (exact) mass is 348 g/mol. The van der Waals surface area contributed by atoms with Crippen LogP contribution < -0.4 is 15.4 Å². The highest BCUT2D eigenvalue weighted by Crippen LogP contribution is 2.17. The molecule has 1 saturated carbocycles. The van der Waals surface area contributed by atoms with Gasteiger partial charge in [0.15, 0.2) is 6.61 Å². The standard InChI is InChI=1S/C18H24N2O5/c1-24-17(22)11-13-7-9-15(10-8-13)25-12-16(21)20-18(23)19-14-5-3-2-4-6-14/h7-10,14H,2-6,11-12H2,1H3,(H2,19,20,21,23). The molecule has 0 aromatic heterocycles. The second-order valence-electron chi connectivity index (χ2n) is 6.04. The summed E-state index contributed by atoms with van der Waals surface area (Å²) in [6, 6.07) is 6.43. The van der Waals surface area contributed by atoms with Gasteiger partial charge in [-0.1, -0.05) is 31.4 Å². The number of ether oxygens (including phenoxy) is 2. The Balaban J connectivity index is 1.70. The minimum absolute atomic E-state index is 0.143. The van der Waals surface area contributed by atoms with Crippen molar-refractivity contribution in [3.63, 3.8) is 0 Å². The number of methoxy groups -OCH3 is 1. The van der Waals surface area contributed by atoms with E-state index in [4.69, 9.17) is 4.74 Å². The fourth-order valence-electron chi connectivity index (χ4n) is 2.72. The number of esters is 1. The van der Waals surface area contributed by atoms with Crippen LogP contribution in [0.25, 0.3) is 0 Å². The van der Waals surface area contributed by atoms with Crippen molar-refractivity contribution in [2.45, 2.75) is 44.6 Å². The zero-order chi connectivity index (χ0) is 18.1. The van der Waals surface area contributed by atoms with Crippen LogP contribution in [-0.4, -0.2) is 37.7 Å². The van der Waals surface area contributed by atoms with Gasteiger partial charge < -0.3 is 14.8 Å². The molecule has 25 heavy (non-hydrogen) atoms. The van der Waals surface area contributed by atoms with Crippen LogP contribution in [0.5, 0.6) is 5.75 Å². The highest BCUT2D eigenvalue weighted by Gasteiger charge is 2.17. The van der Waals surface area contributed by atoms with Crippen molar-refractivity contribution in [2.75, 3.05) is 13.7 Å². The maximum Gasteiger partial charge on any atom is 0.321 e. The number of carbonyl (C=O) groups is 3. The number of hydrogen-bond donors (Lipinski definition) is 2. The van der Waals surface area contributed by atoms with Crippen molar-refractivity contribution >= 4 is 17.9 Å². The highest BCUT2D eigenvalue weighted by atomic mass is 16.5. The van der Waals surface area contributed by atoms with E-state index in [1.165, 1.54) is 13.5 Å². The van der Waals surface area contributed by atoms with Crippen molar-refractivity contribution in [3.8, 4) is 5.75 Å². The Labute approximate surface area is 147 Å². The van der Waals surface area contributed by atoms with Crippen LogP contribution in [0.3, 0.4) is 0 Å². The van der Waals surface area contributed by atoms with Gasteiger partial charge in [0.2, 0.25) is 0 Å². The summed E-state index contributed by atoms with van der Waals surface area (Å²) < 4.78 is 9.93. The summed E-state index contributed by atoms with van der Waals surface area (Å²) in [7, 11) is 1.34. The topological polar surface area (TPSA) is 93.7 Å². The quantitative estimate of drug-likeness (QED) is 0.766. The lowest BCUT2D eigenvalue weighted by Gasteiger charge is -2.22. The summed E-state index contributed by atoms with van der Waals surface area (Å²) in [5, 5.41) is 5.08. The third kappa shape index (κ3) is 6.82. The van der Waals surface area contributed by atoms with E-state index in [2.05, 4.69) is 15.4 Å². The molecule has 0 bridgehead atoms. The van der Waals surface area contributed by atoms with Crippen molar-refractivity contribution in [2.24, 2.45) is 0 Å². The number of imide groups is 1. The van der Waals surface area contributed by atoms with Crippen LogP contribution in [0.2, 0.25) is 0 Å². The van der Waals surface area contributed by atoms with Crippen molar-refractivity contribution in [1.82, 2.24) is 10.6 Å². The Morgan fingerprint density at radius 1 is 1.08 bits per heavy atom. The Morgan fingerprint density at radius 2 is 1.76 bits per heavy atom. The Kier molecular flexibility index (Phi) is 7.25. The molecule has 0 aliphatic heterocycles. The van der Waals surface area contributed by atoms with Crippen LogP contribution >= 0.6 is 0 Å². The van der Waals surface area contributed by atoms with Crippen LogP contribution in [0.1, 0.15) is 37.7 Å². The maximum absolute atomic E-state index is 11.8. The predicted octanol–water partition coefficient (Wildman–Crippen LogP) is 1.94. The molecular weight excluding hydrogens is 324 g/mol. The van der Waals surface area contributed by atoms with Gasteiger partial charge in [0.05, 0.1) is 13.5 Å². The maximum atomic E-state index is 11.8. The fraction of sp³-hybridized carbons (Fsp3) is 0.500. The van der Waals surface area contributed by atoms with E-state index in [0.29, 0.717) is 5.75 Å². The largest absolute Gasteiger partial charge is 0.484 e. The van der Waals surface area contributed by atoms with Gasteiger partial charge in [-0.3, -0.25) is 14.9 Å². The molecule has 7 heteroatoms. The summed E-state index contributed by atoms with van der Waals surface area (Å²) in [5.74, 6) is -0.347. The molecule has 1 aromatic carbocycles. The summed E-state index contributed by atoms with van der Waals surface area (Å²) in [6.45, 7) is -0.256. The number of urea groups is 1. The summed E-state index contributed by atoms with van der Waals surface area (Å²) in [4.78, 5) is 34.7. The molecular formula is C18H24N2O5. The van der Waals surface area contributed by atoms with E-state index < -0.39 is 11.9 Å². The first-order valence-corrected chi connectivity index (χ1v) is 8.45. The number of hydrogen-bond acceptors (Lipinski definition) is 5. The normalized spacial score (nSPS) is 14.4. The lowest BCUT2D eigenvalue weighted by molar-refractivity contribution is -0.139. The average molecular weight is 348 g/mol. The van der Waals surface area contributed by atoms with E-state index in [9.17, 15) is 14.4 Å². The molecule has 1 aromatic rings. The molecule has 0 saturated heterocycles. The number of benzene rings is 1. The second-order valence-corrected chi connectivity index (χ2v) is 6.04. The van der Waals surface area contributed by atoms with Crippen LogP contribution in [0.15, 0.2) is 24.3 Å². The third-order valence-corrected chi connectivity index (χ3v) is 4.06. The van der Waals surface area contributed by atoms with E-state index in [-0.39, 0.29) is 25.0 Å². The number of nitrogens with one attached hydrogen (secondary N) is 2. The first-order valence-electron chi connectivity index (χ1n) is 8.45. The zero-order valence-electron chi connectivity index (χ0n) is 14.4. The molecule has 0 spiro atoms. The predicted molar refractivity (Wildman–Crippen MR) is 91.2 cm³/mol. The van der Waals surface area contributed by atoms with Gasteiger partial charge in [0.1, 0.15) is 5.75 Å². The van der Waals surface area contributed by atoms with Gasteiger partial charge in [-0.05, 0) is 30.5 Å². The van der Waals surface area contributed by atoms with Gasteiger partial charge in [0.25, 0.3) is 5.91 Å². The molecule has 136 valence electrons. The van der Waals surface area contributed by atoms with Crippen LogP contribution in [0, 0.1) is 0 Å². The smallest absolute Gasteiger partial charge is 0.321 e. The Hall–Kier alpha value is -2.57. The van der Waals surface area contributed by atoms with Crippen LogP contribution in [0.4, 0.5) is 4.79 Å². The molecule has 1 aliphatic rings. The SMILES string of the molecule is COC(=O)Cc1ccc(OCC(=O)NC(=O)NC2CCCCC2)cc1. The van der Waals surface area contributed by atoms with Gasteiger partial charge in [0, 0.05) is 6.04 Å². The van der Waals surface area contributed by atoms with Crippen LogP contribution in [-0.2, 0) is 20.7 Å². The molecule has 7 nitrogen and oxygen atoms in total. The van der Waals surface area contributed by atoms with Gasteiger partial charge in [-0.2, -0.15) is 0 Å². The summed E-state index contributed by atoms with van der Waals surface area (Å²) in [5.41, 5.74) is 0.788. The molecule has 0 radical (unpaired) electrons. The van der Waals surface area contributed by atoms with Crippen molar-refractivity contribution in [3.05, 3.63) is 29.8 Å².